The van der Waals surface area contributed by atoms with Crippen molar-refractivity contribution >= 4 is 27.3 Å². The minimum absolute atomic E-state index is 0.115. The van der Waals surface area contributed by atoms with Crippen LogP contribution in [-0.2, 0) is 13.0 Å². The Morgan fingerprint density at radius 3 is 2.95 bits per heavy atom. The number of nitrogens with zero attached hydrogens (tertiary/aromatic N) is 1. The van der Waals surface area contributed by atoms with Crippen LogP contribution in [0.1, 0.15) is 29.0 Å². The Morgan fingerprint density at radius 2 is 2.20 bits per heavy atom. The first-order chi connectivity index (χ1) is 9.65. The zero-order valence-corrected chi connectivity index (χ0v) is 14.0. The summed E-state index contributed by atoms with van der Waals surface area (Å²) in [5, 5.41) is 2.20. The average Bonchev–Trinajstić information content (AvgIpc) is 2.86. The van der Waals surface area contributed by atoms with Gasteiger partial charge in [0.05, 0.1) is 6.04 Å². The Morgan fingerprint density at radius 1 is 1.35 bits per heavy atom. The van der Waals surface area contributed by atoms with Crippen molar-refractivity contribution in [2.24, 2.45) is 5.73 Å². The molecular formula is C16H19BrN2S. The Kier molecular flexibility index (Phi) is 4.26. The highest BCUT2D eigenvalue weighted by atomic mass is 79.9. The van der Waals surface area contributed by atoms with Crippen molar-refractivity contribution in [3.63, 3.8) is 0 Å². The van der Waals surface area contributed by atoms with Gasteiger partial charge in [0.15, 0.2) is 0 Å². The van der Waals surface area contributed by atoms with Gasteiger partial charge in [-0.25, -0.2) is 0 Å². The Labute approximate surface area is 132 Å². The molecule has 1 aliphatic heterocycles. The van der Waals surface area contributed by atoms with Crippen LogP contribution in [0.2, 0.25) is 0 Å². The molecule has 3 rings (SSSR count). The largest absolute Gasteiger partial charge is 0.326 e. The van der Waals surface area contributed by atoms with E-state index in [1.165, 1.54) is 11.1 Å². The molecule has 2 N–H and O–H groups in total. The zero-order valence-electron chi connectivity index (χ0n) is 11.6. The van der Waals surface area contributed by atoms with Gasteiger partial charge in [-0.2, -0.15) is 0 Å². The fourth-order valence-corrected chi connectivity index (χ4v) is 4.35. The molecule has 0 saturated heterocycles. The highest BCUT2D eigenvalue weighted by Crippen LogP contribution is 2.32. The lowest BCUT2D eigenvalue weighted by Gasteiger charge is -2.37. The molecule has 0 saturated carbocycles. The highest BCUT2D eigenvalue weighted by molar-refractivity contribution is 9.10. The van der Waals surface area contributed by atoms with Gasteiger partial charge in [0.1, 0.15) is 0 Å². The average molecular weight is 351 g/mol. The molecule has 0 amide bonds. The lowest BCUT2D eigenvalue weighted by molar-refractivity contribution is 0.161. The third kappa shape index (κ3) is 2.84. The summed E-state index contributed by atoms with van der Waals surface area (Å²) in [5.74, 6) is 0. The van der Waals surface area contributed by atoms with Crippen LogP contribution in [0.5, 0.6) is 0 Å². The Balaban J connectivity index is 1.89. The van der Waals surface area contributed by atoms with Crippen LogP contribution in [0.3, 0.4) is 0 Å². The maximum Gasteiger partial charge on any atom is 0.0500 e. The summed E-state index contributed by atoms with van der Waals surface area (Å²) in [6, 6.07) is 11.2. The number of rotatable bonds is 3. The first kappa shape index (κ1) is 14.3. The van der Waals surface area contributed by atoms with Gasteiger partial charge in [0, 0.05) is 28.5 Å². The van der Waals surface area contributed by atoms with Crippen LogP contribution in [0.4, 0.5) is 0 Å². The Bertz CT molecular complexity index is 594. The van der Waals surface area contributed by atoms with E-state index in [1.54, 1.807) is 4.88 Å². The number of halogens is 1. The van der Waals surface area contributed by atoms with Crippen molar-refractivity contribution < 1.29 is 0 Å². The Hall–Kier alpha value is -0.680. The second kappa shape index (κ2) is 5.98. The molecule has 1 aromatic heterocycles. The van der Waals surface area contributed by atoms with Crippen molar-refractivity contribution in [2.45, 2.75) is 32.0 Å². The summed E-state index contributed by atoms with van der Waals surface area (Å²) in [6.45, 7) is 4.21. The van der Waals surface area contributed by atoms with Gasteiger partial charge < -0.3 is 5.73 Å². The van der Waals surface area contributed by atoms with Crippen molar-refractivity contribution in [1.29, 1.82) is 0 Å². The van der Waals surface area contributed by atoms with Gasteiger partial charge in [-0.05, 0) is 48.1 Å². The molecule has 1 aliphatic rings. The second-order valence-corrected chi connectivity index (χ2v) is 7.36. The molecule has 2 aromatic rings. The number of fused-ring (bicyclic) bond motifs is 1. The SMILES string of the molecule is CC(N)C(c1cccc(Br)c1)N1CCc2sccc2C1. The number of hydrogen-bond donors (Lipinski definition) is 1. The molecule has 20 heavy (non-hydrogen) atoms. The van der Waals surface area contributed by atoms with Crippen molar-refractivity contribution in [3.8, 4) is 0 Å². The molecule has 2 heterocycles. The molecule has 0 radical (unpaired) electrons. The van der Waals surface area contributed by atoms with E-state index >= 15 is 0 Å². The topological polar surface area (TPSA) is 29.3 Å². The first-order valence-corrected chi connectivity index (χ1v) is 8.63. The molecule has 1 aromatic carbocycles. The van der Waals surface area contributed by atoms with Crippen LogP contribution in [-0.4, -0.2) is 17.5 Å². The van der Waals surface area contributed by atoms with Gasteiger partial charge in [-0.1, -0.05) is 28.1 Å². The van der Waals surface area contributed by atoms with Crippen molar-refractivity contribution in [3.05, 3.63) is 56.2 Å². The van der Waals surface area contributed by atoms with E-state index in [0.717, 1.165) is 24.0 Å². The molecule has 4 heteroatoms. The summed E-state index contributed by atoms with van der Waals surface area (Å²) in [5.41, 5.74) is 9.06. The van der Waals surface area contributed by atoms with E-state index in [9.17, 15) is 0 Å². The van der Waals surface area contributed by atoms with E-state index in [-0.39, 0.29) is 12.1 Å². The fraction of sp³-hybridized carbons (Fsp3) is 0.375. The number of hydrogen-bond acceptors (Lipinski definition) is 3. The standard InChI is InChI=1S/C16H19BrN2S/c1-11(18)16(12-3-2-4-14(17)9-12)19-7-5-15-13(10-19)6-8-20-15/h2-4,6,8-9,11,16H,5,7,10,18H2,1H3. The van der Waals surface area contributed by atoms with E-state index in [2.05, 4.69) is 63.5 Å². The minimum atomic E-state index is 0.115. The number of nitrogens with two attached hydrogens (primary N) is 1. The number of thiophene rings is 1. The van der Waals surface area contributed by atoms with Crippen LogP contribution < -0.4 is 5.73 Å². The van der Waals surface area contributed by atoms with Gasteiger partial charge >= 0.3 is 0 Å². The van der Waals surface area contributed by atoms with E-state index in [1.807, 2.05) is 11.3 Å². The quantitative estimate of drug-likeness (QED) is 0.907. The zero-order chi connectivity index (χ0) is 14.1. The van der Waals surface area contributed by atoms with Crippen LogP contribution in [0.15, 0.2) is 40.2 Å². The molecule has 0 aliphatic carbocycles. The lowest BCUT2D eigenvalue weighted by atomic mass is 9.96. The molecule has 2 nitrogen and oxygen atoms in total. The molecule has 2 unspecified atom stereocenters. The molecular weight excluding hydrogens is 332 g/mol. The highest BCUT2D eigenvalue weighted by Gasteiger charge is 2.27. The fourth-order valence-electron chi connectivity index (χ4n) is 3.05. The van der Waals surface area contributed by atoms with Crippen LogP contribution in [0.25, 0.3) is 0 Å². The second-order valence-electron chi connectivity index (χ2n) is 5.45. The normalized spacial score (nSPS) is 18.6. The predicted molar refractivity (Wildman–Crippen MR) is 89.0 cm³/mol. The summed E-state index contributed by atoms with van der Waals surface area (Å²) >= 11 is 5.45. The summed E-state index contributed by atoms with van der Waals surface area (Å²) in [4.78, 5) is 4.06. The lowest BCUT2D eigenvalue weighted by Crippen LogP contribution is -2.41. The third-order valence-electron chi connectivity index (χ3n) is 3.92. The first-order valence-electron chi connectivity index (χ1n) is 6.95. The van der Waals surface area contributed by atoms with Gasteiger partial charge in [0.2, 0.25) is 0 Å². The maximum atomic E-state index is 6.29. The molecule has 0 spiro atoms. The van der Waals surface area contributed by atoms with E-state index < -0.39 is 0 Å². The molecule has 106 valence electrons. The summed E-state index contributed by atoms with van der Waals surface area (Å²) in [7, 11) is 0. The maximum absolute atomic E-state index is 6.29. The minimum Gasteiger partial charge on any atom is -0.326 e. The van der Waals surface area contributed by atoms with E-state index in [4.69, 9.17) is 5.73 Å². The van der Waals surface area contributed by atoms with Crippen LogP contribution >= 0.6 is 27.3 Å². The van der Waals surface area contributed by atoms with Crippen molar-refractivity contribution in [1.82, 2.24) is 4.90 Å². The summed E-state index contributed by atoms with van der Waals surface area (Å²) < 4.78 is 1.12. The monoisotopic (exact) mass is 350 g/mol. The molecule has 0 fully saturated rings. The van der Waals surface area contributed by atoms with Crippen LogP contribution in [0, 0.1) is 0 Å². The molecule has 2 atom stereocenters. The third-order valence-corrected chi connectivity index (χ3v) is 5.44. The van der Waals surface area contributed by atoms with E-state index in [0.29, 0.717) is 0 Å². The smallest absolute Gasteiger partial charge is 0.0500 e. The number of benzene rings is 1. The van der Waals surface area contributed by atoms with Gasteiger partial charge in [-0.3, -0.25) is 4.90 Å². The summed E-state index contributed by atoms with van der Waals surface area (Å²) in [6.07, 6.45) is 1.14. The van der Waals surface area contributed by atoms with Crippen molar-refractivity contribution in [2.75, 3.05) is 6.54 Å². The van der Waals surface area contributed by atoms with Gasteiger partial charge in [-0.15, -0.1) is 11.3 Å². The molecule has 0 bridgehead atoms. The predicted octanol–water partition coefficient (Wildman–Crippen LogP) is 3.96. The van der Waals surface area contributed by atoms with Gasteiger partial charge in [0.25, 0.3) is 0 Å².